The van der Waals surface area contributed by atoms with Crippen LogP contribution in [-0.4, -0.2) is 18.1 Å². The van der Waals surface area contributed by atoms with Crippen molar-refractivity contribution in [3.63, 3.8) is 0 Å². The monoisotopic (exact) mass is 219 g/mol. The lowest BCUT2D eigenvalue weighted by molar-refractivity contribution is -0.134. The predicted octanol–water partition coefficient (Wildman–Crippen LogP) is 2.49. The van der Waals surface area contributed by atoms with Crippen molar-refractivity contribution in [3.8, 4) is 0 Å². The molecular formula is C12H10FNO2. The third-order valence-electron chi connectivity index (χ3n) is 2.25. The van der Waals surface area contributed by atoms with Gasteiger partial charge >= 0.3 is 5.97 Å². The summed E-state index contributed by atoms with van der Waals surface area (Å²) in [4.78, 5) is 13.9. The van der Waals surface area contributed by atoms with E-state index in [9.17, 15) is 9.18 Å². The van der Waals surface area contributed by atoms with E-state index in [0.717, 1.165) is 10.9 Å². The number of hydrogen-bond donors (Lipinski definition) is 1. The highest BCUT2D eigenvalue weighted by Gasteiger charge is 2.03. The molecule has 0 spiro atoms. The van der Waals surface area contributed by atoms with Crippen LogP contribution in [0, 0.1) is 5.82 Å². The van der Waals surface area contributed by atoms with Crippen molar-refractivity contribution in [2.45, 2.75) is 0 Å². The van der Waals surface area contributed by atoms with Gasteiger partial charge in [0.2, 0.25) is 0 Å². The highest BCUT2D eigenvalue weighted by Crippen LogP contribution is 2.20. The van der Waals surface area contributed by atoms with Gasteiger partial charge in [0, 0.05) is 23.2 Å². The predicted molar refractivity (Wildman–Crippen MR) is 59.3 cm³/mol. The molecule has 0 bridgehead atoms. The van der Waals surface area contributed by atoms with E-state index in [1.54, 1.807) is 12.3 Å². The lowest BCUT2D eigenvalue weighted by Gasteiger charge is -1.98. The van der Waals surface area contributed by atoms with E-state index in [2.05, 4.69) is 9.72 Å². The molecule has 16 heavy (non-hydrogen) atoms. The molecule has 1 N–H and O–H groups in total. The molecule has 0 atom stereocenters. The smallest absolute Gasteiger partial charge is 0.330 e. The van der Waals surface area contributed by atoms with Crippen molar-refractivity contribution in [1.29, 1.82) is 0 Å². The third-order valence-corrected chi connectivity index (χ3v) is 2.25. The first-order valence-electron chi connectivity index (χ1n) is 4.73. The van der Waals surface area contributed by atoms with Crippen molar-refractivity contribution in [1.82, 2.24) is 4.98 Å². The first-order chi connectivity index (χ1) is 7.70. The van der Waals surface area contributed by atoms with Gasteiger partial charge in [-0.15, -0.1) is 0 Å². The van der Waals surface area contributed by atoms with Gasteiger partial charge in [-0.1, -0.05) is 0 Å². The highest BCUT2D eigenvalue weighted by molar-refractivity contribution is 5.93. The molecule has 1 heterocycles. The van der Waals surface area contributed by atoms with Gasteiger partial charge in [0.15, 0.2) is 0 Å². The second-order valence-electron chi connectivity index (χ2n) is 3.29. The van der Waals surface area contributed by atoms with E-state index in [1.807, 2.05) is 0 Å². The van der Waals surface area contributed by atoms with Crippen LogP contribution in [0.1, 0.15) is 5.56 Å². The molecule has 0 amide bonds. The number of fused-ring (bicyclic) bond motifs is 1. The second-order valence-corrected chi connectivity index (χ2v) is 3.29. The van der Waals surface area contributed by atoms with Gasteiger partial charge in [-0.25, -0.2) is 9.18 Å². The van der Waals surface area contributed by atoms with Crippen LogP contribution in [0.2, 0.25) is 0 Å². The van der Waals surface area contributed by atoms with Gasteiger partial charge in [0.25, 0.3) is 0 Å². The normalized spacial score (nSPS) is 11.1. The molecule has 0 radical (unpaired) electrons. The topological polar surface area (TPSA) is 42.1 Å². The standard InChI is InChI=1S/C12H10FNO2/c1-16-11(15)3-2-8-6-10(13)7-9-4-5-14-12(8)9/h2-7,14H,1H3/b3-2+. The van der Waals surface area contributed by atoms with Crippen molar-refractivity contribution < 1.29 is 13.9 Å². The van der Waals surface area contributed by atoms with Gasteiger partial charge in [0.1, 0.15) is 5.82 Å². The van der Waals surface area contributed by atoms with E-state index in [4.69, 9.17) is 0 Å². The molecule has 0 aliphatic rings. The SMILES string of the molecule is COC(=O)/C=C/c1cc(F)cc2cc[nH]c12. The van der Waals surface area contributed by atoms with Crippen molar-refractivity contribution in [2.24, 2.45) is 0 Å². The first kappa shape index (κ1) is 10.4. The molecular weight excluding hydrogens is 209 g/mol. The molecule has 2 rings (SSSR count). The number of ether oxygens (including phenoxy) is 1. The average molecular weight is 219 g/mol. The number of methoxy groups -OCH3 is 1. The number of nitrogens with one attached hydrogen (secondary N) is 1. The maximum Gasteiger partial charge on any atom is 0.330 e. The Hall–Kier alpha value is -2.10. The third kappa shape index (κ3) is 1.95. The molecule has 0 unspecified atom stereocenters. The first-order valence-corrected chi connectivity index (χ1v) is 4.73. The lowest BCUT2D eigenvalue weighted by atomic mass is 10.1. The van der Waals surface area contributed by atoms with E-state index in [-0.39, 0.29) is 5.82 Å². The number of aromatic amines is 1. The molecule has 0 fully saturated rings. The van der Waals surface area contributed by atoms with Crippen LogP contribution < -0.4 is 0 Å². The maximum absolute atomic E-state index is 13.2. The fraction of sp³-hybridized carbons (Fsp3) is 0.0833. The number of hydrogen-bond acceptors (Lipinski definition) is 2. The highest BCUT2D eigenvalue weighted by atomic mass is 19.1. The number of esters is 1. The van der Waals surface area contributed by atoms with Crippen LogP contribution in [-0.2, 0) is 9.53 Å². The fourth-order valence-electron chi connectivity index (χ4n) is 1.52. The van der Waals surface area contributed by atoms with Gasteiger partial charge in [0.05, 0.1) is 12.6 Å². The summed E-state index contributed by atoms with van der Waals surface area (Å²) in [5.41, 5.74) is 1.41. The maximum atomic E-state index is 13.2. The Bertz CT molecular complexity index is 557. The van der Waals surface area contributed by atoms with Gasteiger partial charge in [-0.3, -0.25) is 0 Å². The van der Waals surface area contributed by atoms with Crippen molar-refractivity contribution in [3.05, 3.63) is 41.9 Å². The summed E-state index contributed by atoms with van der Waals surface area (Å²) in [7, 11) is 1.29. The van der Waals surface area contributed by atoms with Crippen molar-refractivity contribution in [2.75, 3.05) is 7.11 Å². The Labute approximate surface area is 91.5 Å². The molecule has 4 heteroatoms. The summed E-state index contributed by atoms with van der Waals surface area (Å²) in [6.07, 6.45) is 4.50. The van der Waals surface area contributed by atoms with Crippen LogP contribution in [0.3, 0.4) is 0 Å². The van der Waals surface area contributed by atoms with Crippen LogP contribution >= 0.6 is 0 Å². The van der Waals surface area contributed by atoms with E-state index >= 15 is 0 Å². The van der Waals surface area contributed by atoms with E-state index < -0.39 is 5.97 Å². The molecule has 1 aromatic heterocycles. The summed E-state index contributed by atoms with van der Waals surface area (Å²) >= 11 is 0. The minimum atomic E-state index is -0.469. The molecule has 3 nitrogen and oxygen atoms in total. The second kappa shape index (κ2) is 4.18. The Morgan fingerprint density at radius 2 is 2.31 bits per heavy atom. The average Bonchev–Trinajstić information content (AvgIpc) is 2.73. The zero-order chi connectivity index (χ0) is 11.5. The van der Waals surface area contributed by atoms with Crippen LogP contribution in [0.5, 0.6) is 0 Å². The van der Waals surface area contributed by atoms with Gasteiger partial charge in [-0.2, -0.15) is 0 Å². The summed E-state index contributed by atoms with van der Waals surface area (Å²) in [5.74, 6) is -0.805. The minimum Gasteiger partial charge on any atom is -0.466 e. The number of carbonyl (C=O) groups excluding carboxylic acids is 1. The Kier molecular flexibility index (Phi) is 2.72. The zero-order valence-corrected chi connectivity index (χ0v) is 8.66. The summed E-state index contributed by atoms with van der Waals surface area (Å²) in [5, 5.41) is 0.768. The van der Waals surface area contributed by atoms with Crippen LogP contribution in [0.4, 0.5) is 4.39 Å². The molecule has 2 aromatic rings. The number of carbonyl (C=O) groups is 1. The molecule has 1 aromatic carbocycles. The van der Waals surface area contributed by atoms with Crippen molar-refractivity contribution >= 4 is 22.9 Å². The molecule has 0 aliphatic heterocycles. The van der Waals surface area contributed by atoms with E-state index in [1.165, 1.54) is 31.4 Å². The Morgan fingerprint density at radius 3 is 3.06 bits per heavy atom. The Balaban J connectivity index is 2.46. The summed E-state index contributed by atoms with van der Waals surface area (Å²) in [6.45, 7) is 0. The van der Waals surface area contributed by atoms with Gasteiger partial charge in [-0.05, 0) is 24.3 Å². The fourth-order valence-corrected chi connectivity index (χ4v) is 1.52. The molecule has 0 aliphatic carbocycles. The van der Waals surface area contributed by atoms with E-state index in [0.29, 0.717) is 5.56 Å². The number of aromatic nitrogens is 1. The van der Waals surface area contributed by atoms with Gasteiger partial charge < -0.3 is 9.72 Å². The Morgan fingerprint density at radius 1 is 1.50 bits per heavy atom. The molecule has 0 saturated carbocycles. The minimum absolute atomic E-state index is 0.336. The molecule has 0 saturated heterocycles. The number of rotatable bonds is 2. The summed E-state index contributed by atoms with van der Waals surface area (Å²) < 4.78 is 17.7. The quantitative estimate of drug-likeness (QED) is 0.622. The van der Waals surface area contributed by atoms with Crippen LogP contribution in [0.25, 0.3) is 17.0 Å². The number of H-pyrrole nitrogens is 1. The zero-order valence-electron chi connectivity index (χ0n) is 8.66. The summed E-state index contributed by atoms with van der Waals surface area (Å²) in [6, 6.07) is 4.56. The number of halogens is 1. The largest absolute Gasteiger partial charge is 0.466 e. The van der Waals surface area contributed by atoms with Crippen LogP contribution in [0.15, 0.2) is 30.5 Å². The lowest BCUT2D eigenvalue weighted by Crippen LogP contribution is -1.93. The number of benzene rings is 1. The molecule has 82 valence electrons.